The average Bonchev–Trinajstić information content (AvgIpc) is 2.71. The van der Waals surface area contributed by atoms with Crippen molar-refractivity contribution in [3.05, 3.63) is 76.3 Å². The van der Waals surface area contributed by atoms with Gasteiger partial charge in [-0.05, 0) is 24.3 Å². The zero-order chi connectivity index (χ0) is 19.2. The minimum Gasteiger partial charge on any atom is -0.360 e. The molecule has 7 heteroatoms. The van der Waals surface area contributed by atoms with Gasteiger partial charge < -0.3 is 15.2 Å². The van der Waals surface area contributed by atoms with Crippen LogP contribution in [0, 0.1) is 0 Å². The minimum atomic E-state index is -0.575. The molecule has 0 aliphatic carbocycles. The molecule has 0 unspecified atom stereocenters. The zero-order valence-electron chi connectivity index (χ0n) is 14.9. The van der Waals surface area contributed by atoms with Crippen LogP contribution >= 0.6 is 0 Å². The van der Waals surface area contributed by atoms with E-state index in [1.165, 1.54) is 11.1 Å². The van der Waals surface area contributed by atoms with Gasteiger partial charge >= 0.3 is 0 Å². The third-order valence-corrected chi connectivity index (χ3v) is 4.29. The van der Waals surface area contributed by atoms with Crippen LogP contribution in [0.4, 0.5) is 0 Å². The van der Waals surface area contributed by atoms with Gasteiger partial charge in [0.15, 0.2) is 0 Å². The van der Waals surface area contributed by atoms with Gasteiger partial charge in [0.2, 0.25) is 11.3 Å². The van der Waals surface area contributed by atoms with Gasteiger partial charge in [-0.15, -0.1) is 0 Å². The van der Waals surface area contributed by atoms with Crippen molar-refractivity contribution in [3.63, 3.8) is 0 Å². The number of carbonyl (C=O) groups excluding carboxylic acids is 2. The molecule has 2 N–H and O–H groups in total. The van der Waals surface area contributed by atoms with Gasteiger partial charge in [0.1, 0.15) is 5.56 Å². The van der Waals surface area contributed by atoms with Crippen LogP contribution in [0.3, 0.4) is 0 Å². The lowest BCUT2D eigenvalue weighted by molar-refractivity contribution is -0.128. The molecular formula is C20H20N4O3. The Hall–Kier alpha value is -3.48. The second-order valence-corrected chi connectivity index (χ2v) is 6.15. The number of benzene rings is 1. The number of aromatic amines is 1. The standard InChI is InChI=1S/C20H20N4O3/c1-24(11-9-14-6-4-5-10-21-14)18(25)13-23-20(27)16-12-22-17-8-3-2-7-15(17)19(16)26/h2-8,10,12H,9,11,13H2,1H3,(H,22,26)(H,23,27). The quantitative estimate of drug-likeness (QED) is 0.690. The molecule has 0 bridgehead atoms. The van der Waals surface area contributed by atoms with E-state index in [9.17, 15) is 14.4 Å². The highest BCUT2D eigenvalue weighted by atomic mass is 16.2. The SMILES string of the molecule is CN(CCc1ccccn1)C(=O)CNC(=O)c1c[nH]c2ccccc2c1=O. The van der Waals surface area contributed by atoms with E-state index in [4.69, 9.17) is 0 Å². The average molecular weight is 364 g/mol. The maximum atomic E-state index is 12.4. The molecule has 27 heavy (non-hydrogen) atoms. The number of nitrogens with zero attached hydrogens (tertiary/aromatic N) is 2. The summed E-state index contributed by atoms with van der Waals surface area (Å²) in [5.41, 5.74) is 1.17. The molecule has 0 fully saturated rings. The van der Waals surface area contributed by atoms with E-state index in [0.29, 0.717) is 23.9 Å². The largest absolute Gasteiger partial charge is 0.360 e. The summed E-state index contributed by atoms with van der Waals surface area (Å²) >= 11 is 0. The number of carbonyl (C=O) groups is 2. The van der Waals surface area contributed by atoms with Crippen LogP contribution < -0.4 is 10.7 Å². The Balaban J connectivity index is 1.57. The number of para-hydroxylation sites is 1. The predicted octanol–water partition coefficient (Wildman–Crippen LogP) is 1.35. The first-order valence-corrected chi connectivity index (χ1v) is 8.59. The number of amides is 2. The molecule has 0 radical (unpaired) electrons. The van der Waals surface area contributed by atoms with E-state index in [1.807, 2.05) is 18.2 Å². The third-order valence-electron chi connectivity index (χ3n) is 4.29. The van der Waals surface area contributed by atoms with Gasteiger partial charge in [0, 0.05) is 49.0 Å². The first kappa shape index (κ1) is 18.3. The van der Waals surface area contributed by atoms with Crippen molar-refractivity contribution < 1.29 is 9.59 Å². The topological polar surface area (TPSA) is 95.2 Å². The van der Waals surface area contributed by atoms with Crippen LogP contribution in [0.2, 0.25) is 0 Å². The third kappa shape index (κ3) is 4.38. The maximum Gasteiger partial charge on any atom is 0.257 e. The fraction of sp³-hybridized carbons (Fsp3) is 0.200. The van der Waals surface area contributed by atoms with Gasteiger partial charge in [-0.2, -0.15) is 0 Å². The molecule has 2 heterocycles. The minimum absolute atomic E-state index is 0.0161. The molecular weight excluding hydrogens is 344 g/mol. The number of fused-ring (bicyclic) bond motifs is 1. The number of H-pyrrole nitrogens is 1. The van der Waals surface area contributed by atoms with Crippen LogP contribution in [0.15, 0.2) is 59.7 Å². The molecule has 0 saturated carbocycles. The van der Waals surface area contributed by atoms with Crippen molar-refractivity contribution >= 4 is 22.7 Å². The number of hydrogen-bond donors (Lipinski definition) is 2. The Morgan fingerprint density at radius 3 is 2.70 bits per heavy atom. The van der Waals surface area contributed by atoms with Crippen LogP contribution in [-0.2, 0) is 11.2 Å². The van der Waals surface area contributed by atoms with E-state index in [2.05, 4.69) is 15.3 Å². The van der Waals surface area contributed by atoms with E-state index in [-0.39, 0.29) is 23.4 Å². The van der Waals surface area contributed by atoms with Crippen molar-refractivity contribution in [2.45, 2.75) is 6.42 Å². The summed E-state index contributed by atoms with van der Waals surface area (Å²) in [6.45, 7) is 0.312. The molecule has 7 nitrogen and oxygen atoms in total. The van der Waals surface area contributed by atoms with E-state index in [1.54, 1.807) is 37.5 Å². The first-order valence-electron chi connectivity index (χ1n) is 8.59. The van der Waals surface area contributed by atoms with Gasteiger partial charge in [-0.25, -0.2) is 0 Å². The normalized spacial score (nSPS) is 10.6. The number of nitrogens with one attached hydrogen (secondary N) is 2. The maximum absolute atomic E-state index is 12.4. The molecule has 0 aliphatic heterocycles. The van der Waals surface area contributed by atoms with E-state index >= 15 is 0 Å². The van der Waals surface area contributed by atoms with Crippen LogP contribution in [0.25, 0.3) is 10.9 Å². The molecule has 0 aliphatic rings. The van der Waals surface area contributed by atoms with Crippen LogP contribution in [0.1, 0.15) is 16.1 Å². The lowest BCUT2D eigenvalue weighted by Crippen LogP contribution is -2.40. The highest BCUT2D eigenvalue weighted by Crippen LogP contribution is 2.06. The number of hydrogen-bond acceptors (Lipinski definition) is 4. The fourth-order valence-corrected chi connectivity index (χ4v) is 2.68. The van der Waals surface area contributed by atoms with Crippen molar-refractivity contribution in [2.75, 3.05) is 20.1 Å². The summed E-state index contributed by atoms with van der Waals surface area (Å²) in [7, 11) is 1.67. The van der Waals surface area contributed by atoms with Crippen molar-refractivity contribution in [1.82, 2.24) is 20.2 Å². The van der Waals surface area contributed by atoms with Crippen molar-refractivity contribution in [1.29, 1.82) is 0 Å². The molecule has 1 aromatic carbocycles. The molecule has 2 aromatic heterocycles. The summed E-state index contributed by atoms with van der Waals surface area (Å²) in [4.78, 5) is 45.6. The number of aromatic nitrogens is 2. The predicted molar refractivity (Wildman–Crippen MR) is 102 cm³/mol. The van der Waals surface area contributed by atoms with Crippen molar-refractivity contribution in [3.8, 4) is 0 Å². The zero-order valence-corrected chi connectivity index (χ0v) is 14.9. The second kappa shape index (κ2) is 8.27. The lowest BCUT2D eigenvalue weighted by Gasteiger charge is -2.17. The summed E-state index contributed by atoms with van der Waals surface area (Å²) in [5, 5.41) is 2.95. The van der Waals surface area contributed by atoms with Crippen LogP contribution in [0.5, 0.6) is 0 Å². The summed E-state index contributed by atoms with van der Waals surface area (Å²) in [6, 6.07) is 12.6. The highest BCUT2D eigenvalue weighted by Gasteiger charge is 2.15. The molecule has 0 spiro atoms. The second-order valence-electron chi connectivity index (χ2n) is 6.15. The molecule has 3 aromatic rings. The number of rotatable bonds is 6. The summed E-state index contributed by atoms with van der Waals surface area (Å²) < 4.78 is 0. The van der Waals surface area contributed by atoms with E-state index in [0.717, 1.165) is 5.69 Å². The fourth-order valence-electron chi connectivity index (χ4n) is 2.68. The molecule has 0 atom stereocenters. The van der Waals surface area contributed by atoms with Gasteiger partial charge in [0.25, 0.3) is 5.91 Å². The van der Waals surface area contributed by atoms with Gasteiger partial charge in [0.05, 0.1) is 6.54 Å². The smallest absolute Gasteiger partial charge is 0.257 e. The van der Waals surface area contributed by atoms with E-state index < -0.39 is 5.91 Å². The Bertz CT molecular complexity index is 1010. The Morgan fingerprint density at radius 1 is 1.15 bits per heavy atom. The summed E-state index contributed by atoms with van der Waals surface area (Å²) in [6.07, 6.45) is 3.70. The van der Waals surface area contributed by atoms with Gasteiger partial charge in [-0.3, -0.25) is 19.4 Å². The monoisotopic (exact) mass is 364 g/mol. The molecule has 0 saturated heterocycles. The van der Waals surface area contributed by atoms with Crippen molar-refractivity contribution in [2.24, 2.45) is 0 Å². The van der Waals surface area contributed by atoms with Crippen LogP contribution in [-0.4, -0.2) is 46.8 Å². The Morgan fingerprint density at radius 2 is 1.93 bits per heavy atom. The highest BCUT2D eigenvalue weighted by molar-refractivity contribution is 5.98. The number of pyridine rings is 2. The Kier molecular flexibility index (Phi) is 5.61. The molecule has 2 amide bonds. The summed E-state index contributed by atoms with van der Waals surface area (Å²) in [5.74, 6) is -0.815. The number of likely N-dealkylation sites (N-methyl/N-ethyl adjacent to an activating group) is 1. The Labute approximate surface area is 156 Å². The van der Waals surface area contributed by atoms with Gasteiger partial charge in [-0.1, -0.05) is 18.2 Å². The molecule has 3 rings (SSSR count). The molecule has 138 valence electrons. The first-order chi connectivity index (χ1) is 13.1. The lowest BCUT2D eigenvalue weighted by atomic mass is 10.1.